The van der Waals surface area contributed by atoms with Gasteiger partial charge in [-0.2, -0.15) is 0 Å². The number of hydrogen-bond acceptors (Lipinski definition) is 2. The third kappa shape index (κ3) is 3.85. The van der Waals surface area contributed by atoms with E-state index in [1.54, 1.807) is 0 Å². The van der Waals surface area contributed by atoms with Crippen molar-refractivity contribution in [3.05, 3.63) is 169 Å². The molecule has 4 heteroatoms. The summed E-state index contributed by atoms with van der Waals surface area (Å²) in [5.74, 6) is 0.846. The smallest absolute Gasteiger partial charge is 0.164 e. The van der Waals surface area contributed by atoms with Crippen LogP contribution in [0.5, 0.6) is 0 Å². The Morgan fingerprint density at radius 1 is 0.431 bits per heavy atom. The SMILES string of the molecule is CC1(C)c2ccccc2-c2nc(-c3cccc4ccccc34)c(-n3c4ccccc4c4cc5c6ccccc6n(-c6ccccc6)c5cc43)nc21. The van der Waals surface area contributed by atoms with Gasteiger partial charge in [0.25, 0.3) is 0 Å². The van der Waals surface area contributed by atoms with Crippen molar-refractivity contribution < 1.29 is 0 Å². The van der Waals surface area contributed by atoms with E-state index in [2.05, 4.69) is 181 Å². The van der Waals surface area contributed by atoms with Gasteiger partial charge in [-0.15, -0.1) is 0 Å². The first kappa shape index (κ1) is 28.3. The van der Waals surface area contributed by atoms with Crippen LogP contribution in [0.3, 0.4) is 0 Å². The number of fused-ring (bicyclic) bond motifs is 10. The molecular formula is C47H32N4. The molecule has 0 amide bonds. The van der Waals surface area contributed by atoms with E-state index in [0.29, 0.717) is 0 Å². The molecule has 51 heavy (non-hydrogen) atoms. The molecule has 0 N–H and O–H groups in total. The standard InChI is InChI=1S/C47H32N4/c1-47(2)38-24-11-8-22-35(38)43-45(47)49-46(44(48-43)34-23-14-16-29-15-6-7-19-31(29)34)51-40-26-13-10-21-33(40)37-27-36-32-20-9-12-25-39(32)50(41(36)28-42(37)51)30-17-4-3-5-18-30/h3-28H,1-2H3. The van der Waals surface area contributed by atoms with Gasteiger partial charge in [-0.1, -0.05) is 135 Å². The third-order valence-corrected chi connectivity index (χ3v) is 11.1. The van der Waals surface area contributed by atoms with Crippen molar-refractivity contribution in [2.45, 2.75) is 19.3 Å². The fourth-order valence-corrected chi connectivity index (χ4v) is 8.70. The summed E-state index contributed by atoms with van der Waals surface area (Å²) < 4.78 is 4.77. The van der Waals surface area contributed by atoms with E-state index in [1.165, 1.54) is 38.0 Å². The number of aromatic nitrogens is 4. The molecule has 240 valence electrons. The molecule has 0 unspecified atom stereocenters. The lowest BCUT2D eigenvalue weighted by atomic mass is 9.85. The lowest BCUT2D eigenvalue weighted by molar-refractivity contribution is 0.633. The second kappa shape index (κ2) is 10.3. The predicted molar refractivity (Wildman–Crippen MR) is 211 cm³/mol. The van der Waals surface area contributed by atoms with E-state index >= 15 is 0 Å². The zero-order chi connectivity index (χ0) is 33.8. The van der Waals surface area contributed by atoms with Crippen molar-refractivity contribution in [3.63, 3.8) is 0 Å². The zero-order valence-corrected chi connectivity index (χ0v) is 28.3. The number of rotatable bonds is 3. The van der Waals surface area contributed by atoms with Gasteiger partial charge in [0.15, 0.2) is 5.82 Å². The van der Waals surface area contributed by atoms with E-state index in [0.717, 1.165) is 61.7 Å². The summed E-state index contributed by atoms with van der Waals surface area (Å²) >= 11 is 0. The summed E-state index contributed by atoms with van der Waals surface area (Å²) in [5, 5.41) is 7.20. The van der Waals surface area contributed by atoms with Crippen LogP contribution in [-0.4, -0.2) is 19.1 Å². The van der Waals surface area contributed by atoms with Crippen LogP contribution in [-0.2, 0) is 5.41 Å². The molecule has 1 aliphatic rings. The lowest BCUT2D eigenvalue weighted by Gasteiger charge is -2.22. The Morgan fingerprint density at radius 2 is 1.02 bits per heavy atom. The third-order valence-electron chi connectivity index (χ3n) is 11.1. The maximum atomic E-state index is 5.74. The molecule has 0 saturated heterocycles. The van der Waals surface area contributed by atoms with Gasteiger partial charge in [-0.25, -0.2) is 9.97 Å². The maximum Gasteiger partial charge on any atom is 0.164 e. The van der Waals surface area contributed by atoms with Gasteiger partial charge in [-0.3, -0.25) is 4.57 Å². The number of para-hydroxylation sites is 3. The summed E-state index contributed by atoms with van der Waals surface area (Å²) in [5.41, 5.74) is 11.7. The maximum absolute atomic E-state index is 5.74. The molecule has 11 rings (SSSR count). The highest BCUT2D eigenvalue weighted by atomic mass is 15.1. The Kier molecular flexibility index (Phi) is 5.70. The topological polar surface area (TPSA) is 35.6 Å². The van der Waals surface area contributed by atoms with Gasteiger partial charge in [0.2, 0.25) is 0 Å². The van der Waals surface area contributed by atoms with Crippen LogP contribution in [0.4, 0.5) is 0 Å². The summed E-state index contributed by atoms with van der Waals surface area (Å²) in [7, 11) is 0. The molecule has 0 fully saturated rings. The van der Waals surface area contributed by atoms with Crippen LogP contribution in [0.1, 0.15) is 25.1 Å². The fourth-order valence-electron chi connectivity index (χ4n) is 8.70. The Morgan fingerprint density at radius 3 is 1.80 bits per heavy atom. The van der Waals surface area contributed by atoms with Gasteiger partial charge < -0.3 is 4.57 Å². The number of nitrogens with zero attached hydrogens (tertiary/aromatic N) is 4. The Hall–Kier alpha value is -6.52. The van der Waals surface area contributed by atoms with E-state index in [9.17, 15) is 0 Å². The van der Waals surface area contributed by atoms with Gasteiger partial charge in [-0.05, 0) is 52.7 Å². The van der Waals surface area contributed by atoms with Crippen molar-refractivity contribution in [2.24, 2.45) is 0 Å². The van der Waals surface area contributed by atoms with E-state index in [-0.39, 0.29) is 5.41 Å². The van der Waals surface area contributed by atoms with Crippen molar-refractivity contribution >= 4 is 54.4 Å². The molecule has 1 aliphatic carbocycles. The predicted octanol–water partition coefficient (Wildman–Crippen LogP) is 11.8. The Labute approximate surface area is 294 Å². The number of hydrogen-bond donors (Lipinski definition) is 0. The minimum Gasteiger partial charge on any atom is -0.309 e. The van der Waals surface area contributed by atoms with Gasteiger partial charge in [0.05, 0.1) is 33.5 Å². The van der Waals surface area contributed by atoms with Crippen molar-refractivity contribution in [3.8, 4) is 34.0 Å². The minimum atomic E-state index is -0.309. The molecule has 10 aromatic rings. The Bertz CT molecular complexity index is 3050. The average molecular weight is 653 g/mol. The molecule has 0 aliphatic heterocycles. The van der Waals surface area contributed by atoms with E-state index < -0.39 is 0 Å². The highest BCUT2D eigenvalue weighted by Crippen LogP contribution is 2.49. The molecule has 0 atom stereocenters. The van der Waals surface area contributed by atoms with Gasteiger partial charge in [0.1, 0.15) is 5.69 Å². The lowest BCUT2D eigenvalue weighted by Crippen LogP contribution is -2.18. The summed E-state index contributed by atoms with van der Waals surface area (Å²) in [6.07, 6.45) is 0. The highest BCUT2D eigenvalue weighted by Gasteiger charge is 2.39. The summed E-state index contributed by atoms with van der Waals surface area (Å²) in [6.45, 7) is 4.56. The molecule has 0 spiro atoms. The second-order valence-electron chi connectivity index (χ2n) is 14.2. The van der Waals surface area contributed by atoms with Crippen LogP contribution >= 0.6 is 0 Å². The van der Waals surface area contributed by atoms with Crippen molar-refractivity contribution in [1.82, 2.24) is 19.1 Å². The molecule has 0 saturated carbocycles. The molecule has 3 aromatic heterocycles. The summed E-state index contributed by atoms with van der Waals surface area (Å²) in [6, 6.07) is 56.7. The zero-order valence-electron chi connectivity index (χ0n) is 28.3. The second-order valence-corrected chi connectivity index (χ2v) is 14.2. The largest absolute Gasteiger partial charge is 0.309 e. The molecule has 0 bridgehead atoms. The monoisotopic (exact) mass is 652 g/mol. The van der Waals surface area contributed by atoms with Gasteiger partial charge >= 0.3 is 0 Å². The minimum absolute atomic E-state index is 0.309. The van der Waals surface area contributed by atoms with Crippen LogP contribution in [0.15, 0.2) is 158 Å². The van der Waals surface area contributed by atoms with Crippen molar-refractivity contribution in [1.29, 1.82) is 0 Å². The first-order valence-electron chi connectivity index (χ1n) is 17.6. The van der Waals surface area contributed by atoms with Crippen LogP contribution in [0, 0.1) is 0 Å². The normalized spacial score (nSPS) is 13.5. The first-order chi connectivity index (χ1) is 25.1. The quantitative estimate of drug-likeness (QED) is 0.190. The van der Waals surface area contributed by atoms with E-state index in [4.69, 9.17) is 9.97 Å². The molecule has 3 heterocycles. The fraction of sp³-hybridized carbons (Fsp3) is 0.0638. The molecule has 4 nitrogen and oxygen atoms in total. The van der Waals surface area contributed by atoms with E-state index in [1.807, 2.05) is 0 Å². The Balaban J connectivity index is 1.32. The molecule has 0 radical (unpaired) electrons. The molecule has 7 aromatic carbocycles. The highest BCUT2D eigenvalue weighted by molar-refractivity contribution is 6.19. The van der Waals surface area contributed by atoms with Gasteiger partial charge in [0, 0.05) is 43.8 Å². The average Bonchev–Trinajstić information content (AvgIpc) is 3.76. The van der Waals surface area contributed by atoms with Crippen LogP contribution in [0.2, 0.25) is 0 Å². The van der Waals surface area contributed by atoms with Crippen molar-refractivity contribution in [2.75, 3.05) is 0 Å². The van der Waals surface area contributed by atoms with Crippen LogP contribution < -0.4 is 0 Å². The van der Waals surface area contributed by atoms with Crippen LogP contribution in [0.25, 0.3) is 88.4 Å². The molecular weight excluding hydrogens is 621 g/mol. The summed E-state index contributed by atoms with van der Waals surface area (Å²) in [4.78, 5) is 11.4. The first-order valence-corrected chi connectivity index (χ1v) is 17.6. The number of benzene rings is 7.